The van der Waals surface area contributed by atoms with Gasteiger partial charge in [0.1, 0.15) is 5.82 Å². The van der Waals surface area contributed by atoms with Gasteiger partial charge in [-0.15, -0.1) is 0 Å². The van der Waals surface area contributed by atoms with Crippen LogP contribution in [0.3, 0.4) is 0 Å². The van der Waals surface area contributed by atoms with Crippen molar-refractivity contribution in [2.75, 3.05) is 12.8 Å². The van der Waals surface area contributed by atoms with Crippen molar-refractivity contribution in [3.05, 3.63) is 64.7 Å². The normalized spacial score (nSPS) is 11.1. The Labute approximate surface area is 164 Å². The van der Waals surface area contributed by atoms with Gasteiger partial charge < -0.3 is 10.5 Å². The van der Waals surface area contributed by atoms with Crippen molar-refractivity contribution in [3.8, 4) is 28.3 Å². The molecule has 5 nitrogen and oxygen atoms in total. The number of fused-ring (bicyclic) bond motifs is 1. The third kappa shape index (κ3) is 2.97. The standard InChI is InChI=1S/C19H13Cl2FN4O/c1-27-17-13(20)8-11(9-14(17)21)16-15(10-3-2-4-12(22)7-10)25-18(23)19-24-5-6-26(16)19/h2-9H,1H3,(H2,23,25). The van der Waals surface area contributed by atoms with Gasteiger partial charge in [0, 0.05) is 23.5 Å². The minimum absolute atomic E-state index is 0.230. The Bertz CT molecular complexity index is 1150. The van der Waals surface area contributed by atoms with Crippen molar-refractivity contribution < 1.29 is 9.13 Å². The molecule has 0 bridgehead atoms. The highest BCUT2D eigenvalue weighted by Crippen LogP contribution is 2.40. The van der Waals surface area contributed by atoms with Crippen molar-refractivity contribution in [3.63, 3.8) is 0 Å². The molecule has 0 spiro atoms. The monoisotopic (exact) mass is 402 g/mol. The van der Waals surface area contributed by atoms with E-state index in [1.54, 1.807) is 41.1 Å². The summed E-state index contributed by atoms with van der Waals surface area (Å²) < 4.78 is 20.8. The minimum Gasteiger partial charge on any atom is -0.494 e. The number of nitrogens with zero attached hydrogens (tertiary/aromatic N) is 3. The molecule has 0 fully saturated rings. The molecule has 2 aromatic heterocycles. The maximum atomic E-state index is 13.8. The van der Waals surface area contributed by atoms with Gasteiger partial charge in [-0.25, -0.2) is 14.4 Å². The number of nitrogens with two attached hydrogens (primary N) is 1. The summed E-state index contributed by atoms with van der Waals surface area (Å²) in [6.45, 7) is 0. The van der Waals surface area contributed by atoms with Crippen molar-refractivity contribution >= 4 is 34.7 Å². The molecule has 0 saturated carbocycles. The summed E-state index contributed by atoms with van der Waals surface area (Å²) in [5.74, 6) is 0.226. The molecular formula is C19H13Cl2FN4O. The SMILES string of the molecule is COc1c(Cl)cc(-c2c(-c3cccc(F)c3)nc(N)c3nccn23)cc1Cl. The molecule has 0 atom stereocenters. The van der Waals surface area contributed by atoms with E-state index in [4.69, 9.17) is 33.7 Å². The van der Waals surface area contributed by atoms with Crippen molar-refractivity contribution in [1.82, 2.24) is 14.4 Å². The predicted molar refractivity (Wildman–Crippen MR) is 105 cm³/mol. The van der Waals surface area contributed by atoms with Crippen LogP contribution in [0.25, 0.3) is 28.2 Å². The maximum absolute atomic E-state index is 13.8. The van der Waals surface area contributed by atoms with Crippen LogP contribution in [0.2, 0.25) is 10.0 Å². The Morgan fingerprint density at radius 3 is 2.52 bits per heavy atom. The van der Waals surface area contributed by atoms with Crippen LogP contribution in [-0.2, 0) is 0 Å². The van der Waals surface area contributed by atoms with Gasteiger partial charge in [0.25, 0.3) is 0 Å². The second-order valence-corrected chi connectivity index (χ2v) is 6.61. The first-order valence-corrected chi connectivity index (χ1v) is 8.67. The van der Waals surface area contributed by atoms with Crippen molar-refractivity contribution in [2.24, 2.45) is 0 Å². The molecule has 4 aromatic rings. The lowest BCUT2D eigenvalue weighted by Gasteiger charge is -2.15. The molecule has 0 saturated heterocycles. The number of rotatable bonds is 3. The fourth-order valence-corrected chi connectivity index (χ4v) is 3.66. The third-order valence-electron chi connectivity index (χ3n) is 4.14. The van der Waals surface area contributed by atoms with E-state index in [-0.39, 0.29) is 11.6 Å². The van der Waals surface area contributed by atoms with Crippen LogP contribution in [0.1, 0.15) is 0 Å². The minimum atomic E-state index is -0.379. The Morgan fingerprint density at radius 2 is 1.85 bits per heavy atom. The zero-order chi connectivity index (χ0) is 19.1. The Hall–Kier alpha value is -2.83. The average Bonchev–Trinajstić information content (AvgIpc) is 3.11. The van der Waals surface area contributed by atoms with Crippen LogP contribution in [-0.4, -0.2) is 21.5 Å². The number of ether oxygens (including phenoxy) is 1. The summed E-state index contributed by atoms with van der Waals surface area (Å²) >= 11 is 12.7. The van der Waals surface area contributed by atoms with E-state index in [0.29, 0.717) is 44.0 Å². The van der Waals surface area contributed by atoms with Gasteiger partial charge in [-0.1, -0.05) is 35.3 Å². The number of aromatic nitrogens is 3. The molecule has 27 heavy (non-hydrogen) atoms. The quantitative estimate of drug-likeness (QED) is 0.517. The summed E-state index contributed by atoms with van der Waals surface area (Å²) in [4.78, 5) is 8.72. The van der Waals surface area contributed by atoms with E-state index in [1.807, 2.05) is 0 Å². The second-order valence-electron chi connectivity index (χ2n) is 5.80. The molecule has 4 rings (SSSR count). The highest BCUT2D eigenvalue weighted by molar-refractivity contribution is 6.37. The van der Waals surface area contributed by atoms with E-state index < -0.39 is 0 Å². The summed E-state index contributed by atoms with van der Waals surface area (Å²) in [5.41, 5.74) is 8.90. The Balaban J connectivity index is 2.09. The second kappa shape index (κ2) is 6.72. The topological polar surface area (TPSA) is 65.4 Å². The van der Waals surface area contributed by atoms with Crippen LogP contribution >= 0.6 is 23.2 Å². The van der Waals surface area contributed by atoms with Crippen LogP contribution < -0.4 is 10.5 Å². The molecule has 8 heteroatoms. The first kappa shape index (κ1) is 17.6. The summed E-state index contributed by atoms with van der Waals surface area (Å²) in [7, 11) is 1.49. The largest absolute Gasteiger partial charge is 0.494 e. The lowest BCUT2D eigenvalue weighted by molar-refractivity contribution is 0.415. The maximum Gasteiger partial charge on any atom is 0.180 e. The van der Waals surface area contributed by atoms with E-state index in [2.05, 4.69) is 9.97 Å². The van der Waals surface area contributed by atoms with Crippen LogP contribution in [0, 0.1) is 5.82 Å². The van der Waals surface area contributed by atoms with Crippen LogP contribution in [0.4, 0.5) is 10.2 Å². The molecule has 2 heterocycles. The molecule has 0 unspecified atom stereocenters. The Morgan fingerprint density at radius 1 is 1.11 bits per heavy atom. The van der Waals surface area contributed by atoms with E-state index in [9.17, 15) is 4.39 Å². The van der Waals surface area contributed by atoms with E-state index in [1.165, 1.54) is 19.2 Å². The third-order valence-corrected chi connectivity index (χ3v) is 4.70. The number of halogens is 3. The number of benzene rings is 2. The molecule has 2 aromatic carbocycles. The van der Waals surface area contributed by atoms with Gasteiger partial charge in [-0.3, -0.25) is 4.40 Å². The zero-order valence-electron chi connectivity index (χ0n) is 14.1. The van der Waals surface area contributed by atoms with Gasteiger partial charge in [0.15, 0.2) is 17.2 Å². The van der Waals surface area contributed by atoms with Gasteiger partial charge in [0.05, 0.1) is 28.5 Å². The first-order chi connectivity index (χ1) is 13.0. The first-order valence-electron chi connectivity index (χ1n) is 7.91. The fourth-order valence-electron chi connectivity index (χ4n) is 3.02. The lowest BCUT2D eigenvalue weighted by Crippen LogP contribution is -2.04. The fraction of sp³-hybridized carbons (Fsp3) is 0.0526. The molecule has 0 aliphatic rings. The lowest BCUT2D eigenvalue weighted by atomic mass is 10.0. The van der Waals surface area contributed by atoms with Gasteiger partial charge in [-0.2, -0.15) is 0 Å². The summed E-state index contributed by atoms with van der Waals surface area (Å²) in [6, 6.07) is 9.54. The number of methoxy groups -OCH3 is 1. The molecule has 0 aliphatic heterocycles. The number of hydrogen-bond acceptors (Lipinski definition) is 4. The van der Waals surface area contributed by atoms with Crippen molar-refractivity contribution in [2.45, 2.75) is 0 Å². The molecule has 136 valence electrons. The zero-order valence-corrected chi connectivity index (χ0v) is 15.6. The number of hydrogen-bond donors (Lipinski definition) is 1. The summed E-state index contributed by atoms with van der Waals surface area (Å²) in [5, 5.41) is 0.686. The van der Waals surface area contributed by atoms with E-state index >= 15 is 0 Å². The molecule has 0 amide bonds. The van der Waals surface area contributed by atoms with Gasteiger partial charge in [-0.05, 0) is 24.3 Å². The molecular weight excluding hydrogens is 390 g/mol. The number of anilines is 1. The number of imidazole rings is 1. The van der Waals surface area contributed by atoms with Gasteiger partial charge in [0.2, 0.25) is 0 Å². The van der Waals surface area contributed by atoms with E-state index in [0.717, 1.165) is 0 Å². The highest BCUT2D eigenvalue weighted by atomic mass is 35.5. The van der Waals surface area contributed by atoms with Crippen molar-refractivity contribution in [1.29, 1.82) is 0 Å². The van der Waals surface area contributed by atoms with Crippen LogP contribution in [0.5, 0.6) is 5.75 Å². The smallest absolute Gasteiger partial charge is 0.180 e. The molecule has 0 aliphatic carbocycles. The molecule has 2 N–H and O–H groups in total. The molecule has 0 radical (unpaired) electrons. The number of nitrogen functional groups attached to an aromatic ring is 1. The Kier molecular flexibility index (Phi) is 4.37. The van der Waals surface area contributed by atoms with Crippen LogP contribution in [0.15, 0.2) is 48.8 Å². The predicted octanol–water partition coefficient (Wildman–Crippen LogP) is 5.10. The summed E-state index contributed by atoms with van der Waals surface area (Å²) in [6.07, 6.45) is 3.36. The average molecular weight is 403 g/mol. The highest BCUT2D eigenvalue weighted by Gasteiger charge is 2.19. The van der Waals surface area contributed by atoms with Gasteiger partial charge >= 0.3 is 0 Å².